The van der Waals surface area contributed by atoms with E-state index < -0.39 is 41.0 Å². The highest BCUT2D eigenvalue weighted by atomic mass is 32.2. The van der Waals surface area contributed by atoms with Gasteiger partial charge in [-0.25, -0.2) is 13.1 Å². The Kier molecular flexibility index (Phi) is 12.3. The summed E-state index contributed by atoms with van der Waals surface area (Å²) in [6.45, 7) is 17.0. The fourth-order valence-corrected chi connectivity index (χ4v) is 11.9. The third kappa shape index (κ3) is 9.62. The second-order valence-corrected chi connectivity index (χ2v) is 21.8. The van der Waals surface area contributed by atoms with Crippen molar-refractivity contribution >= 4 is 28.7 Å². The van der Waals surface area contributed by atoms with E-state index in [2.05, 4.69) is 74.0 Å². The van der Waals surface area contributed by atoms with Crippen molar-refractivity contribution in [3.8, 4) is 0 Å². The number of ether oxygens (including phenoxy) is 3. The number of hydrogen-bond acceptors (Lipinski definition) is 6. The molecule has 1 aliphatic heterocycles. The predicted octanol–water partition coefficient (Wildman–Crippen LogP) is 6.56. The van der Waals surface area contributed by atoms with Crippen LogP contribution in [0.25, 0.3) is 0 Å². The zero-order valence-corrected chi connectivity index (χ0v) is 31.3. The lowest BCUT2D eigenvalue weighted by Crippen LogP contribution is -2.66. The lowest BCUT2D eigenvalue weighted by Gasteiger charge is -2.43. The van der Waals surface area contributed by atoms with Crippen molar-refractivity contribution in [3.05, 3.63) is 96.6 Å². The molecule has 9 heteroatoms. The summed E-state index contributed by atoms with van der Waals surface area (Å²) in [7, 11) is -6.41. The molecule has 1 heterocycles. The van der Waals surface area contributed by atoms with Gasteiger partial charge in [0, 0.05) is 6.61 Å². The maximum atomic E-state index is 13.6. The maximum absolute atomic E-state index is 13.6. The van der Waals surface area contributed by atoms with Crippen molar-refractivity contribution in [3.63, 3.8) is 0 Å². The van der Waals surface area contributed by atoms with E-state index in [0.717, 1.165) is 5.56 Å². The van der Waals surface area contributed by atoms with Gasteiger partial charge in [0.15, 0.2) is 5.79 Å². The molecular weight excluding hydrogens is 627 g/mol. The second-order valence-electron chi connectivity index (χ2n) is 15.0. The molecule has 3 aromatic carbocycles. The van der Waals surface area contributed by atoms with Crippen LogP contribution < -0.4 is 15.1 Å². The van der Waals surface area contributed by atoms with E-state index in [1.165, 1.54) is 10.4 Å². The zero-order chi connectivity index (χ0) is 34.3. The lowest BCUT2D eigenvalue weighted by molar-refractivity contribution is -0.140. The molecule has 0 aromatic heterocycles. The van der Waals surface area contributed by atoms with Gasteiger partial charge < -0.3 is 18.6 Å². The molecule has 4 rings (SSSR count). The molecule has 1 aliphatic rings. The SMILES string of the molecule is CC1(C)OC[C@H](C[C@@H](NS(=O)(=O)C(C)(C)C)[C@H](CCCO[Si](c2ccccc2)(c2ccccc2)C(C)(C)C)OCc2ccccc2)O1. The van der Waals surface area contributed by atoms with Crippen LogP contribution in [0.2, 0.25) is 5.04 Å². The van der Waals surface area contributed by atoms with Crippen LogP contribution in [0.5, 0.6) is 0 Å². The molecule has 0 bridgehead atoms. The summed E-state index contributed by atoms with van der Waals surface area (Å²) >= 11 is 0. The summed E-state index contributed by atoms with van der Waals surface area (Å²) in [5.41, 5.74) is 1.03. The van der Waals surface area contributed by atoms with Crippen molar-refractivity contribution in [1.29, 1.82) is 0 Å². The third-order valence-electron chi connectivity index (χ3n) is 8.82. The summed E-state index contributed by atoms with van der Waals surface area (Å²) in [5.74, 6) is -0.720. The molecule has 258 valence electrons. The van der Waals surface area contributed by atoms with Crippen molar-refractivity contribution < 1.29 is 27.1 Å². The smallest absolute Gasteiger partial charge is 0.261 e. The quantitative estimate of drug-likeness (QED) is 0.145. The minimum Gasteiger partial charge on any atom is -0.407 e. The van der Waals surface area contributed by atoms with E-state index in [1.54, 1.807) is 20.8 Å². The van der Waals surface area contributed by atoms with E-state index in [-0.39, 0.29) is 11.1 Å². The summed E-state index contributed by atoms with van der Waals surface area (Å²) < 4.78 is 55.0. The first-order valence-corrected chi connectivity index (χ1v) is 20.2. The van der Waals surface area contributed by atoms with E-state index in [9.17, 15) is 8.42 Å². The Hall–Kier alpha value is -2.37. The number of benzene rings is 3. The molecule has 3 atom stereocenters. The van der Waals surface area contributed by atoms with E-state index in [4.69, 9.17) is 18.6 Å². The molecule has 0 saturated carbocycles. The van der Waals surface area contributed by atoms with Gasteiger partial charge in [0.25, 0.3) is 8.32 Å². The Morgan fingerprint density at radius 3 is 1.87 bits per heavy atom. The number of sulfonamides is 1. The zero-order valence-electron chi connectivity index (χ0n) is 29.5. The highest BCUT2D eigenvalue weighted by Gasteiger charge is 2.50. The van der Waals surface area contributed by atoms with Crippen LogP contribution in [0.3, 0.4) is 0 Å². The first kappa shape index (κ1) is 37.4. The van der Waals surface area contributed by atoms with Gasteiger partial charge in [-0.2, -0.15) is 0 Å². The fourth-order valence-electron chi connectivity index (χ4n) is 6.26. The average molecular weight is 682 g/mol. The van der Waals surface area contributed by atoms with Crippen LogP contribution in [0.4, 0.5) is 0 Å². The summed E-state index contributed by atoms with van der Waals surface area (Å²) in [6.07, 6.45) is 1.01. The summed E-state index contributed by atoms with van der Waals surface area (Å²) in [4.78, 5) is 0. The molecular formula is C38H55NO6SSi. The van der Waals surface area contributed by atoms with Gasteiger partial charge in [-0.1, -0.05) is 112 Å². The molecule has 0 amide bonds. The molecule has 0 unspecified atom stereocenters. The fraction of sp³-hybridized carbons (Fsp3) is 0.526. The summed E-state index contributed by atoms with van der Waals surface area (Å²) in [6, 6.07) is 30.7. The number of rotatable bonds is 15. The minimum absolute atomic E-state index is 0.142. The number of nitrogens with one attached hydrogen (secondary N) is 1. The lowest BCUT2D eigenvalue weighted by atomic mass is 10.0. The van der Waals surface area contributed by atoms with Crippen LogP contribution in [-0.4, -0.2) is 58.7 Å². The van der Waals surface area contributed by atoms with Crippen LogP contribution in [-0.2, 0) is 35.3 Å². The van der Waals surface area contributed by atoms with Crippen molar-refractivity contribution in [2.45, 2.75) is 115 Å². The third-order valence-corrected chi connectivity index (χ3v) is 16.1. The first-order chi connectivity index (χ1) is 22.0. The normalized spacial score (nSPS) is 18.6. The van der Waals surface area contributed by atoms with Gasteiger partial charge in [-0.15, -0.1) is 0 Å². The largest absolute Gasteiger partial charge is 0.407 e. The Morgan fingerprint density at radius 2 is 1.40 bits per heavy atom. The predicted molar refractivity (Wildman–Crippen MR) is 193 cm³/mol. The Labute approximate surface area is 284 Å². The highest BCUT2D eigenvalue weighted by Crippen LogP contribution is 2.37. The van der Waals surface area contributed by atoms with Crippen molar-refractivity contribution in [1.82, 2.24) is 4.72 Å². The van der Waals surface area contributed by atoms with Gasteiger partial charge in [0.2, 0.25) is 10.0 Å². The molecule has 47 heavy (non-hydrogen) atoms. The van der Waals surface area contributed by atoms with Gasteiger partial charge in [-0.3, -0.25) is 0 Å². The minimum atomic E-state index is -3.69. The van der Waals surface area contributed by atoms with E-state index in [0.29, 0.717) is 39.1 Å². The molecule has 7 nitrogen and oxygen atoms in total. The Bertz CT molecular complexity index is 1450. The van der Waals surface area contributed by atoms with Crippen LogP contribution >= 0.6 is 0 Å². The number of hydrogen-bond donors (Lipinski definition) is 1. The van der Waals surface area contributed by atoms with E-state index >= 15 is 0 Å². The van der Waals surface area contributed by atoms with Gasteiger partial charge in [-0.05, 0) is 74.9 Å². The van der Waals surface area contributed by atoms with Gasteiger partial charge in [0.1, 0.15) is 0 Å². The highest BCUT2D eigenvalue weighted by molar-refractivity contribution is 7.90. The molecule has 1 saturated heterocycles. The van der Waals surface area contributed by atoms with Gasteiger partial charge >= 0.3 is 0 Å². The van der Waals surface area contributed by atoms with Gasteiger partial charge in [0.05, 0.1) is 36.2 Å². The molecule has 1 N–H and O–H groups in total. The van der Waals surface area contributed by atoms with Crippen LogP contribution in [0.1, 0.15) is 80.2 Å². The topological polar surface area (TPSA) is 83.1 Å². The Balaban J connectivity index is 1.62. The molecule has 0 spiro atoms. The standard InChI is InChI=1S/C38H55NO6SSi/c1-36(2,3)46(40,41)39-34(27-31-29-43-38(7,8)45-31)35(42-28-30-19-12-9-13-20-30)25-18-26-44-47(37(4,5)6,32-21-14-10-15-22-32)33-23-16-11-17-24-33/h9-17,19-24,31,34-35,39H,18,25-29H2,1-8H3/t31-,34+,35-/m0/s1. The maximum Gasteiger partial charge on any atom is 0.261 e. The molecule has 3 aromatic rings. The van der Waals surface area contributed by atoms with Crippen molar-refractivity contribution in [2.24, 2.45) is 0 Å². The summed E-state index contributed by atoms with van der Waals surface area (Å²) in [5, 5.41) is 2.32. The molecule has 1 fully saturated rings. The van der Waals surface area contributed by atoms with E-state index in [1.807, 2.05) is 56.3 Å². The Morgan fingerprint density at radius 1 is 0.872 bits per heavy atom. The molecule has 0 aliphatic carbocycles. The molecule has 0 radical (unpaired) electrons. The first-order valence-electron chi connectivity index (χ1n) is 16.8. The average Bonchev–Trinajstić information content (AvgIpc) is 3.36. The van der Waals surface area contributed by atoms with Crippen molar-refractivity contribution in [2.75, 3.05) is 13.2 Å². The van der Waals surface area contributed by atoms with Crippen LogP contribution in [0, 0.1) is 0 Å². The second kappa shape index (κ2) is 15.5. The van der Waals surface area contributed by atoms with Crippen LogP contribution in [0.15, 0.2) is 91.0 Å². The monoisotopic (exact) mass is 681 g/mol.